The summed E-state index contributed by atoms with van der Waals surface area (Å²) in [4.78, 5) is 89.0. The van der Waals surface area contributed by atoms with Gasteiger partial charge in [0, 0.05) is 36.6 Å². The number of hydrogen-bond donors (Lipinski definition) is 9. The van der Waals surface area contributed by atoms with E-state index in [4.69, 9.17) is 19.5 Å². The van der Waals surface area contributed by atoms with Crippen molar-refractivity contribution in [1.82, 2.24) is 30.2 Å². The van der Waals surface area contributed by atoms with Gasteiger partial charge < -0.3 is 50.9 Å². The van der Waals surface area contributed by atoms with Crippen molar-refractivity contribution < 1.29 is 80.5 Å². The van der Waals surface area contributed by atoms with Gasteiger partial charge in [0.2, 0.25) is 11.8 Å². The number of imidazole rings is 1. The van der Waals surface area contributed by atoms with Crippen molar-refractivity contribution in [2.24, 2.45) is 29.1 Å². The number of aromatic nitrogens is 4. The molecule has 0 aromatic carbocycles. The maximum atomic E-state index is 12.8. The van der Waals surface area contributed by atoms with Crippen LogP contribution in [0.5, 0.6) is 0 Å². The summed E-state index contributed by atoms with van der Waals surface area (Å²) in [6.45, 7) is 11.6. The summed E-state index contributed by atoms with van der Waals surface area (Å²) in [5.41, 5.74) is 4.29. The lowest BCUT2D eigenvalue weighted by molar-refractivity contribution is -0.137. The SMILES string of the molecule is CC(C)CCC[C@H](C)CCC[C@H](C)CCC[C@H](C)C(=O)SCCNC(=O)CCNC(=O)[C@H](O)C(C)(C)COP(=O)(O)OP(=O)(O)OC[C@@H]1O[C@H](n2cnc3c(N)ncnc32)[C@H](O)[C@@H]1OP(=O)(O)O. The number of phosphoric ester groups is 3. The molecule has 0 saturated carbocycles. The van der Waals surface area contributed by atoms with Gasteiger partial charge in [0.05, 0.1) is 19.5 Å². The van der Waals surface area contributed by atoms with E-state index in [1.54, 1.807) is 0 Å². The molecule has 68 heavy (non-hydrogen) atoms. The number of amides is 2. The molecule has 1 saturated heterocycles. The van der Waals surface area contributed by atoms with E-state index < -0.39 is 84.6 Å². The minimum atomic E-state index is -5.58. The molecule has 2 aromatic rings. The van der Waals surface area contributed by atoms with Crippen molar-refractivity contribution in [2.75, 3.05) is 37.8 Å². The van der Waals surface area contributed by atoms with E-state index in [2.05, 4.69) is 62.1 Å². The molecule has 10 N–H and O–H groups in total. The summed E-state index contributed by atoms with van der Waals surface area (Å²) in [5.74, 6) is 1.01. The minimum Gasteiger partial charge on any atom is -0.386 e. The molecule has 10 atom stereocenters. The second kappa shape index (κ2) is 27.4. The number of nitrogens with two attached hydrogens (primary N) is 1. The lowest BCUT2D eigenvalue weighted by Crippen LogP contribution is -2.46. The molecule has 0 spiro atoms. The van der Waals surface area contributed by atoms with E-state index in [9.17, 15) is 57.9 Å². The Balaban J connectivity index is 1.34. The fraction of sp³-hybridized carbons (Fsp3) is 0.800. The third-order valence-electron chi connectivity index (χ3n) is 11.4. The van der Waals surface area contributed by atoms with E-state index in [0.29, 0.717) is 11.7 Å². The Kier molecular flexibility index (Phi) is 24.1. The number of ether oxygens (including phenoxy) is 1. The molecule has 390 valence electrons. The average Bonchev–Trinajstić information content (AvgIpc) is 3.80. The number of nitrogens with zero attached hydrogens (tertiary/aromatic N) is 4. The minimum absolute atomic E-state index is 0.0330. The molecule has 24 nitrogen and oxygen atoms in total. The van der Waals surface area contributed by atoms with Gasteiger partial charge in [0.25, 0.3) is 0 Å². The highest BCUT2D eigenvalue weighted by molar-refractivity contribution is 8.13. The van der Waals surface area contributed by atoms with Crippen molar-refractivity contribution in [2.45, 2.75) is 143 Å². The fourth-order valence-corrected chi connectivity index (χ4v) is 10.9. The summed E-state index contributed by atoms with van der Waals surface area (Å²) in [7, 11) is -16.4. The highest BCUT2D eigenvalue weighted by Gasteiger charge is 2.50. The standard InChI is InChI=1S/C40H72N7O17P3S/c1-25(2)11-8-12-26(3)13-9-14-27(4)15-10-16-28(5)39(52)68-20-19-42-30(48)17-18-43-37(51)34(50)40(6,7)22-61-67(58,59)64-66(56,57)60-21-29-33(63-65(53,54)55)32(49)38(62-29)47-24-46-31-35(41)44-23-45-36(31)47/h23-29,32-34,38,49-50H,8-22H2,1-7H3,(H,42,48)(H,43,51)(H,56,57)(H,58,59)(H2,41,44,45)(H2,53,54,55)/t26-,27-,28-,29-,32+,33+,34-,38-/m0/s1. The normalized spacial score (nSPS) is 21.5. The number of phosphoric acid groups is 3. The van der Waals surface area contributed by atoms with Crippen molar-refractivity contribution in [3.63, 3.8) is 0 Å². The first-order chi connectivity index (χ1) is 31.6. The lowest BCUT2D eigenvalue weighted by atomic mass is 9.87. The number of carbonyl (C=O) groups is 3. The van der Waals surface area contributed by atoms with Crippen LogP contribution in [0.25, 0.3) is 11.2 Å². The number of nitrogen functional groups attached to an aromatic ring is 1. The van der Waals surface area contributed by atoms with Crippen molar-refractivity contribution in [3.05, 3.63) is 12.7 Å². The molecule has 3 rings (SSSR count). The van der Waals surface area contributed by atoms with Crippen LogP contribution in [0, 0.1) is 29.1 Å². The van der Waals surface area contributed by atoms with E-state index in [1.807, 2.05) is 6.92 Å². The van der Waals surface area contributed by atoms with Crippen molar-refractivity contribution in [3.8, 4) is 0 Å². The van der Waals surface area contributed by atoms with Gasteiger partial charge in [-0.05, 0) is 24.2 Å². The number of anilines is 1. The fourth-order valence-electron chi connectivity index (χ4n) is 7.29. The Hall–Kier alpha value is -2.44. The monoisotopic (exact) mass is 1050 g/mol. The Morgan fingerprint density at radius 3 is 2.10 bits per heavy atom. The first-order valence-electron chi connectivity index (χ1n) is 22.7. The molecule has 1 aliphatic heterocycles. The van der Waals surface area contributed by atoms with Gasteiger partial charge in [-0.25, -0.2) is 28.6 Å². The van der Waals surface area contributed by atoms with E-state index >= 15 is 0 Å². The third kappa shape index (κ3) is 20.7. The number of nitrogens with one attached hydrogen (secondary N) is 2. The number of aliphatic hydroxyl groups excluding tert-OH is 2. The molecular formula is C40H72N7O17P3S. The number of thioether (sulfide) groups is 1. The molecule has 2 unspecified atom stereocenters. The Morgan fingerprint density at radius 2 is 1.49 bits per heavy atom. The van der Waals surface area contributed by atoms with Crippen molar-refractivity contribution >= 4 is 69.1 Å². The highest BCUT2D eigenvalue weighted by atomic mass is 32.2. The second-order valence-corrected chi connectivity index (χ2v) is 23.9. The van der Waals surface area contributed by atoms with Crippen LogP contribution in [0.15, 0.2) is 12.7 Å². The van der Waals surface area contributed by atoms with Crippen LogP contribution in [0.1, 0.15) is 119 Å². The molecule has 28 heteroatoms. The van der Waals surface area contributed by atoms with Gasteiger partial charge in [-0.3, -0.25) is 32.5 Å². The van der Waals surface area contributed by atoms with Crippen LogP contribution >= 0.6 is 35.2 Å². The summed E-state index contributed by atoms with van der Waals surface area (Å²) in [6.07, 6.45) is 3.58. The van der Waals surface area contributed by atoms with Gasteiger partial charge in [0.1, 0.15) is 36.3 Å². The largest absolute Gasteiger partial charge is 0.481 e. The van der Waals surface area contributed by atoms with Gasteiger partial charge >= 0.3 is 23.5 Å². The van der Waals surface area contributed by atoms with Crippen LogP contribution in [-0.4, -0.2) is 123 Å². The first-order valence-corrected chi connectivity index (χ1v) is 28.2. The Bertz CT molecular complexity index is 2080. The number of fused-ring (bicyclic) bond motifs is 1. The van der Waals surface area contributed by atoms with Crippen LogP contribution in [0.4, 0.5) is 5.82 Å². The van der Waals surface area contributed by atoms with Crippen LogP contribution < -0.4 is 16.4 Å². The average molecular weight is 1050 g/mol. The molecule has 1 aliphatic rings. The summed E-state index contributed by atoms with van der Waals surface area (Å²) >= 11 is 1.16. The zero-order valence-electron chi connectivity index (χ0n) is 39.7. The molecule has 0 bridgehead atoms. The van der Waals surface area contributed by atoms with Gasteiger partial charge in [-0.1, -0.05) is 112 Å². The van der Waals surface area contributed by atoms with E-state index in [-0.39, 0.29) is 47.5 Å². The smallest absolute Gasteiger partial charge is 0.386 e. The molecule has 2 amide bonds. The Morgan fingerprint density at radius 1 is 0.882 bits per heavy atom. The summed E-state index contributed by atoms with van der Waals surface area (Å²) < 4.78 is 62.5. The number of hydrogen-bond acceptors (Lipinski definition) is 18. The van der Waals surface area contributed by atoms with Crippen LogP contribution in [0.2, 0.25) is 0 Å². The van der Waals surface area contributed by atoms with Gasteiger partial charge in [-0.2, -0.15) is 4.31 Å². The molecule has 2 aromatic heterocycles. The lowest BCUT2D eigenvalue weighted by Gasteiger charge is -2.30. The summed E-state index contributed by atoms with van der Waals surface area (Å²) in [5, 5.41) is 26.7. The molecular weight excluding hydrogens is 975 g/mol. The maximum absolute atomic E-state index is 12.8. The zero-order chi connectivity index (χ0) is 51.0. The zero-order valence-corrected chi connectivity index (χ0v) is 43.2. The predicted molar refractivity (Wildman–Crippen MR) is 251 cm³/mol. The van der Waals surface area contributed by atoms with E-state index in [0.717, 1.165) is 60.1 Å². The summed E-state index contributed by atoms with van der Waals surface area (Å²) in [6, 6.07) is 0. The molecule has 3 heterocycles. The van der Waals surface area contributed by atoms with Gasteiger partial charge in [-0.15, -0.1) is 0 Å². The Labute approximate surface area is 401 Å². The van der Waals surface area contributed by atoms with Crippen LogP contribution in [0.3, 0.4) is 0 Å². The molecule has 1 fully saturated rings. The van der Waals surface area contributed by atoms with Gasteiger partial charge in [0.15, 0.2) is 22.8 Å². The van der Waals surface area contributed by atoms with Crippen molar-refractivity contribution in [1.29, 1.82) is 0 Å². The molecule has 0 aliphatic carbocycles. The number of carbonyl (C=O) groups excluding carboxylic acids is 3. The third-order valence-corrected chi connectivity index (χ3v) is 15.5. The number of aliphatic hydroxyl groups is 2. The quantitative estimate of drug-likeness (QED) is 0.0353. The first kappa shape index (κ1) is 59.9. The highest BCUT2D eigenvalue weighted by Crippen LogP contribution is 2.61. The van der Waals surface area contributed by atoms with E-state index in [1.165, 1.54) is 52.4 Å². The predicted octanol–water partition coefficient (Wildman–Crippen LogP) is 4.74. The van der Waals surface area contributed by atoms with Crippen LogP contribution in [-0.2, 0) is 50.7 Å². The molecule has 0 radical (unpaired) electrons. The number of rotatable bonds is 32. The maximum Gasteiger partial charge on any atom is 0.481 e. The second-order valence-electron chi connectivity index (χ2n) is 18.5. The topological polar surface area (TPSA) is 364 Å².